The van der Waals surface area contributed by atoms with Gasteiger partial charge in [0.2, 0.25) is 0 Å². The average molecular weight is 260 g/mol. The van der Waals surface area contributed by atoms with Crippen LogP contribution in [0.3, 0.4) is 0 Å². The van der Waals surface area contributed by atoms with Crippen molar-refractivity contribution in [2.24, 2.45) is 7.05 Å². The second-order valence-corrected chi connectivity index (χ2v) is 5.11. The quantitative estimate of drug-likeness (QED) is 0.900. The Labute approximate surface area is 112 Å². The Kier molecular flexibility index (Phi) is 3.59. The number of aryl methyl sites for hydroxylation is 1. The molecule has 1 aliphatic rings. The summed E-state index contributed by atoms with van der Waals surface area (Å²) < 4.78 is 1.95. The van der Waals surface area contributed by atoms with Gasteiger partial charge in [-0.15, -0.1) is 0 Å². The summed E-state index contributed by atoms with van der Waals surface area (Å²) in [4.78, 5) is 6.84. The molecular formula is C13H20N6. The van der Waals surface area contributed by atoms with E-state index in [-0.39, 0.29) is 0 Å². The van der Waals surface area contributed by atoms with Crippen LogP contribution in [0.5, 0.6) is 0 Å². The zero-order valence-electron chi connectivity index (χ0n) is 11.3. The second-order valence-electron chi connectivity index (χ2n) is 5.11. The molecule has 0 radical (unpaired) electrons. The van der Waals surface area contributed by atoms with Gasteiger partial charge in [-0.1, -0.05) is 6.42 Å². The van der Waals surface area contributed by atoms with E-state index in [4.69, 9.17) is 0 Å². The molecule has 1 atom stereocenters. The van der Waals surface area contributed by atoms with Crippen molar-refractivity contribution in [3.63, 3.8) is 0 Å². The first-order valence-corrected chi connectivity index (χ1v) is 6.91. The summed E-state index contributed by atoms with van der Waals surface area (Å²) in [5, 5.41) is 11.2. The van der Waals surface area contributed by atoms with Crippen LogP contribution in [0, 0.1) is 0 Å². The van der Waals surface area contributed by atoms with Gasteiger partial charge >= 0.3 is 0 Å². The molecule has 19 heavy (non-hydrogen) atoms. The fourth-order valence-electron chi connectivity index (χ4n) is 2.85. The highest BCUT2D eigenvalue weighted by molar-refractivity contribution is 5.02. The Hall–Kier alpha value is -1.69. The molecule has 1 N–H and O–H groups in total. The summed E-state index contributed by atoms with van der Waals surface area (Å²) >= 11 is 0. The molecule has 0 aliphatic carbocycles. The molecule has 0 amide bonds. The third-order valence-corrected chi connectivity index (χ3v) is 3.94. The standard InChI is InChI=1S/C13H20N6/c1-18-11(5-7-16-18)6-9-19-8-3-2-4-12(19)13-14-10-15-17-13/h5,7,10,12H,2-4,6,8-9H2,1H3,(H,14,15,17)/t12-/m1/s1. The smallest absolute Gasteiger partial charge is 0.141 e. The number of aromatic nitrogens is 5. The fourth-order valence-corrected chi connectivity index (χ4v) is 2.85. The zero-order chi connectivity index (χ0) is 13.1. The lowest BCUT2D eigenvalue weighted by Gasteiger charge is -2.34. The van der Waals surface area contributed by atoms with Gasteiger partial charge in [-0.25, -0.2) is 4.98 Å². The van der Waals surface area contributed by atoms with Crippen molar-refractivity contribution in [1.82, 2.24) is 29.9 Å². The Morgan fingerprint density at radius 3 is 3.11 bits per heavy atom. The van der Waals surface area contributed by atoms with E-state index >= 15 is 0 Å². The number of rotatable bonds is 4. The number of aromatic amines is 1. The van der Waals surface area contributed by atoms with Crippen molar-refractivity contribution in [2.45, 2.75) is 31.7 Å². The van der Waals surface area contributed by atoms with Crippen molar-refractivity contribution in [3.05, 3.63) is 30.1 Å². The average Bonchev–Trinajstić information content (AvgIpc) is 3.08. The number of nitrogens with zero attached hydrogens (tertiary/aromatic N) is 5. The number of piperidine rings is 1. The molecule has 6 nitrogen and oxygen atoms in total. The Morgan fingerprint density at radius 1 is 1.42 bits per heavy atom. The first-order valence-electron chi connectivity index (χ1n) is 6.91. The molecule has 0 unspecified atom stereocenters. The van der Waals surface area contributed by atoms with Gasteiger partial charge in [0.05, 0.1) is 6.04 Å². The van der Waals surface area contributed by atoms with E-state index in [0.29, 0.717) is 6.04 Å². The minimum atomic E-state index is 0.393. The molecule has 6 heteroatoms. The molecule has 3 heterocycles. The molecule has 3 rings (SSSR count). The molecular weight excluding hydrogens is 240 g/mol. The lowest BCUT2D eigenvalue weighted by molar-refractivity contribution is 0.143. The third kappa shape index (κ3) is 2.68. The summed E-state index contributed by atoms with van der Waals surface area (Å²) in [6.07, 6.45) is 8.20. The van der Waals surface area contributed by atoms with E-state index < -0.39 is 0 Å². The summed E-state index contributed by atoms with van der Waals surface area (Å²) in [7, 11) is 2.00. The first-order chi connectivity index (χ1) is 9.34. The van der Waals surface area contributed by atoms with Crippen molar-refractivity contribution in [1.29, 1.82) is 0 Å². The Bertz CT molecular complexity index is 503. The predicted molar refractivity (Wildman–Crippen MR) is 71.5 cm³/mol. The monoisotopic (exact) mass is 260 g/mol. The van der Waals surface area contributed by atoms with Crippen LogP contribution in [0.15, 0.2) is 18.6 Å². The lowest BCUT2D eigenvalue weighted by atomic mass is 10.0. The molecule has 0 saturated carbocycles. The maximum Gasteiger partial charge on any atom is 0.141 e. The van der Waals surface area contributed by atoms with E-state index in [1.807, 2.05) is 17.9 Å². The van der Waals surface area contributed by atoms with Gasteiger partial charge in [0.15, 0.2) is 0 Å². The van der Waals surface area contributed by atoms with Crippen molar-refractivity contribution < 1.29 is 0 Å². The molecule has 2 aromatic rings. The number of hydrogen-bond acceptors (Lipinski definition) is 4. The van der Waals surface area contributed by atoms with E-state index in [2.05, 4.69) is 31.2 Å². The lowest BCUT2D eigenvalue weighted by Crippen LogP contribution is -2.35. The molecule has 0 aromatic carbocycles. The molecule has 2 aromatic heterocycles. The Morgan fingerprint density at radius 2 is 2.37 bits per heavy atom. The summed E-state index contributed by atoms with van der Waals surface area (Å²) in [5.74, 6) is 1.00. The maximum absolute atomic E-state index is 4.33. The van der Waals surface area contributed by atoms with Gasteiger partial charge in [0.25, 0.3) is 0 Å². The largest absolute Gasteiger partial charge is 0.293 e. The molecule has 0 bridgehead atoms. The normalized spacial score (nSPS) is 20.8. The van der Waals surface area contributed by atoms with Crippen LogP contribution in [0.1, 0.15) is 36.8 Å². The molecule has 0 spiro atoms. The minimum Gasteiger partial charge on any atom is -0.293 e. The van der Waals surface area contributed by atoms with E-state index in [1.54, 1.807) is 6.33 Å². The maximum atomic E-state index is 4.33. The van der Waals surface area contributed by atoms with Crippen molar-refractivity contribution in [3.8, 4) is 0 Å². The SMILES string of the molecule is Cn1nccc1CCN1CCCC[C@@H]1c1ncn[nH]1. The van der Waals surface area contributed by atoms with Gasteiger partial charge in [-0.3, -0.25) is 14.7 Å². The van der Waals surface area contributed by atoms with E-state index in [0.717, 1.165) is 25.3 Å². The number of H-pyrrole nitrogens is 1. The van der Waals surface area contributed by atoms with Gasteiger partial charge < -0.3 is 0 Å². The highest BCUT2D eigenvalue weighted by Gasteiger charge is 2.25. The number of likely N-dealkylation sites (tertiary alicyclic amines) is 1. The summed E-state index contributed by atoms with van der Waals surface area (Å²) in [6, 6.07) is 2.48. The molecule has 1 saturated heterocycles. The van der Waals surface area contributed by atoms with Crippen molar-refractivity contribution >= 4 is 0 Å². The highest BCUT2D eigenvalue weighted by atomic mass is 15.3. The van der Waals surface area contributed by atoms with Crippen LogP contribution in [0.25, 0.3) is 0 Å². The van der Waals surface area contributed by atoms with Crippen LogP contribution < -0.4 is 0 Å². The number of nitrogens with one attached hydrogen (secondary N) is 1. The van der Waals surface area contributed by atoms with Gasteiger partial charge in [0, 0.05) is 31.9 Å². The third-order valence-electron chi connectivity index (χ3n) is 3.94. The molecule has 1 fully saturated rings. The summed E-state index contributed by atoms with van der Waals surface area (Å²) in [5.41, 5.74) is 1.28. The van der Waals surface area contributed by atoms with Crippen LogP contribution in [0.2, 0.25) is 0 Å². The fraction of sp³-hybridized carbons (Fsp3) is 0.615. The van der Waals surface area contributed by atoms with Crippen molar-refractivity contribution in [2.75, 3.05) is 13.1 Å². The van der Waals surface area contributed by atoms with Gasteiger partial charge in [-0.2, -0.15) is 10.2 Å². The summed E-state index contributed by atoms with van der Waals surface area (Å²) in [6.45, 7) is 2.19. The highest BCUT2D eigenvalue weighted by Crippen LogP contribution is 2.28. The van der Waals surface area contributed by atoms with Gasteiger partial charge in [0.1, 0.15) is 12.2 Å². The Balaban J connectivity index is 1.66. The molecule has 1 aliphatic heterocycles. The topological polar surface area (TPSA) is 62.6 Å². The van der Waals surface area contributed by atoms with Crippen LogP contribution in [-0.2, 0) is 13.5 Å². The van der Waals surface area contributed by atoms with E-state index in [1.165, 1.54) is 25.0 Å². The van der Waals surface area contributed by atoms with Crippen LogP contribution in [-0.4, -0.2) is 43.0 Å². The number of hydrogen-bond donors (Lipinski definition) is 1. The van der Waals surface area contributed by atoms with Crippen LogP contribution in [0.4, 0.5) is 0 Å². The van der Waals surface area contributed by atoms with Gasteiger partial charge in [-0.05, 0) is 25.5 Å². The van der Waals surface area contributed by atoms with E-state index in [9.17, 15) is 0 Å². The second kappa shape index (κ2) is 5.52. The van der Waals surface area contributed by atoms with Crippen LogP contribution >= 0.6 is 0 Å². The minimum absolute atomic E-state index is 0.393. The zero-order valence-corrected chi connectivity index (χ0v) is 11.3. The molecule has 102 valence electrons. The first kappa shape index (κ1) is 12.3. The predicted octanol–water partition coefficient (Wildman–Crippen LogP) is 1.31.